The molecule has 6 nitrogen and oxygen atoms in total. The van der Waals surface area contributed by atoms with Gasteiger partial charge in [0.05, 0.1) is 15.0 Å². The molecule has 2 aromatic rings. The Morgan fingerprint density at radius 1 is 1.57 bits per heavy atom. The van der Waals surface area contributed by atoms with Crippen LogP contribution in [0.25, 0.3) is 0 Å². The Bertz CT molecular complexity index is 665. The van der Waals surface area contributed by atoms with Crippen molar-refractivity contribution in [2.24, 2.45) is 0 Å². The molecule has 0 saturated carbocycles. The Morgan fingerprint density at radius 2 is 2.38 bits per heavy atom. The molecule has 0 bridgehead atoms. The van der Waals surface area contributed by atoms with E-state index in [4.69, 9.17) is 16.3 Å². The fourth-order valence-electron chi connectivity index (χ4n) is 1.64. The van der Waals surface area contributed by atoms with Gasteiger partial charge in [0.1, 0.15) is 0 Å². The van der Waals surface area contributed by atoms with E-state index in [0.29, 0.717) is 33.9 Å². The number of nitrogens with one attached hydrogen (secondary N) is 1. The highest BCUT2D eigenvalue weighted by atomic mass is 35.5. The molecule has 114 valence electrons. The van der Waals surface area contributed by atoms with Crippen molar-refractivity contribution in [3.63, 3.8) is 0 Å². The molecule has 0 unspecified atom stereocenters. The number of hydrogen-bond acceptors (Lipinski definition) is 6. The minimum Gasteiger partial charge on any atom is -0.385 e. The van der Waals surface area contributed by atoms with Crippen LogP contribution < -0.4 is 5.69 Å². The molecule has 0 saturated heterocycles. The third-order valence-corrected chi connectivity index (χ3v) is 4.88. The second-order valence-corrected chi connectivity index (χ2v) is 6.78. The number of thioether (sulfide) groups is 1. The van der Waals surface area contributed by atoms with Crippen LogP contribution in [0, 0.1) is 0 Å². The molecule has 0 aromatic carbocycles. The minimum absolute atomic E-state index is 0.0317. The number of methoxy groups -OCH3 is 1. The van der Waals surface area contributed by atoms with Crippen molar-refractivity contribution in [1.29, 1.82) is 0 Å². The van der Waals surface area contributed by atoms with Gasteiger partial charge >= 0.3 is 5.69 Å². The van der Waals surface area contributed by atoms with E-state index in [1.165, 1.54) is 27.7 Å². The highest BCUT2D eigenvalue weighted by molar-refractivity contribution is 7.99. The van der Waals surface area contributed by atoms with Crippen LogP contribution in [0.1, 0.15) is 16.1 Å². The van der Waals surface area contributed by atoms with E-state index in [2.05, 4.69) is 10.2 Å². The summed E-state index contributed by atoms with van der Waals surface area (Å²) in [6, 6.07) is 3.39. The highest BCUT2D eigenvalue weighted by Crippen LogP contribution is 2.24. The molecule has 0 aliphatic carbocycles. The molecule has 21 heavy (non-hydrogen) atoms. The summed E-state index contributed by atoms with van der Waals surface area (Å²) in [5.41, 5.74) is -0.278. The number of rotatable bonds is 8. The Morgan fingerprint density at radius 3 is 3.05 bits per heavy atom. The molecule has 0 amide bonds. The van der Waals surface area contributed by atoms with Gasteiger partial charge in [0.15, 0.2) is 10.9 Å². The van der Waals surface area contributed by atoms with Gasteiger partial charge in [-0.3, -0.25) is 9.36 Å². The first-order valence-electron chi connectivity index (χ1n) is 6.17. The van der Waals surface area contributed by atoms with Crippen molar-refractivity contribution in [1.82, 2.24) is 14.8 Å². The van der Waals surface area contributed by atoms with E-state index >= 15 is 0 Å². The van der Waals surface area contributed by atoms with E-state index in [-0.39, 0.29) is 17.2 Å². The summed E-state index contributed by atoms with van der Waals surface area (Å²) >= 11 is 8.28. The van der Waals surface area contributed by atoms with Crippen LogP contribution in [-0.4, -0.2) is 40.0 Å². The lowest BCUT2D eigenvalue weighted by Gasteiger charge is -2.04. The fraction of sp³-hybridized carbons (Fsp3) is 0.417. The van der Waals surface area contributed by atoms with Crippen molar-refractivity contribution < 1.29 is 9.53 Å². The molecule has 0 spiro atoms. The van der Waals surface area contributed by atoms with Gasteiger partial charge < -0.3 is 4.74 Å². The van der Waals surface area contributed by atoms with Crippen LogP contribution in [0.15, 0.2) is 22.1 Å². The summed E-state index contributed by atoms with van der Waals surface area (Å²) in [5, 5.41) is 6.84. The lowest BCUT2D eigenvalue weighted by Crippen LogP contribution is -2.18. The van der Waals surface area contributed by atoms with E-state index in [1.807, 2.05) is 0 Å². The van der Waals surface area contributed by atoms with Crippen molar-refractivity contribution in [3.8, 4) is 0 Å². The van der Waals surface area contributed by atoms with E-state index in [0.717, 1.165) is 0 Å². The van der Waals surface area contributed by atoms with Crippen molar-refractivity contribution >= 4 is 40.5 Å². The van der Waals surface area contributed by atoms with Gasteiger partial charge in [0.2, 0.25) is 0 Å². The normalized spacial score (nSPS) is 11.0. The second kappa shape index (κ2) is 7.79. The first-order chi connectivity index (χ1) is 10.1. The minimum atomic E-state index is -0.278. The van der Waals surface area contributed by atoms with Crippen LogP contribution in [0.2, 0.25) is 4.34 Å². The Kier molecular flexibility index (Phi) is 6.04. The predicted octanol–water partition coefficient (Wildman–Crippen LogP) is 2.30. The number of halogens is 1. The molecule has 0 radical (unpaired) electrons. The number of nitrogens with zero attached hydrogens (tertiary/aromatic N) is 2. The third-order valence-electron chi connectivity index (χ3n) is 2.63. The Hall–Kier alpha value is -1.09. The Labute approximate surface area is 134 Å². The summed E-state index contributed by atoms with van der Waals surface area (Å²) in [5.74, 6) is 0.182. The topological polar surface area (TPSA) is 77.0 Å². The number of thiophene rings is 1. The molecule has 0 aliphatic heterocycles. The maximum atomic E-state index is 12.0. The summed E-state index contributed by atoms with van der Waals surface area (Å²) < 4.78 is 7.06. The zero-order valence-electron chi connectivity index (χ0n) is 11.3. The van der Waals surface area contributed by atoms with Crippen molar-refractivity contribution in [2.75, 3.05) is 19.5 Å². The monoisotopic (exact) mass is 347 g/mol. The lowest BCUT2D eigenvalue weighted by molar-refractivity contribution is 0.102. The number of aromatic amines is 1. The average Bonchev–Trinajstić information content (AvgIpc) is 3.04. The first kappa shape index (κ1) is 16.3. The zero-order chi connectivity index (χ0) is 15.2. The summed E-state index contributed by atoms with van der Waals surface area (Å²) in [4.78, 5) is 24.2. The van der Waals surface area contributed by atoms with Gasteiger partial charge in [-0.1, -0.05) is 23.4 Å². The van der Waals surface area contributed by atoms with Crippen LogP contribution >= 0.6 is 34.7 Å². The van der Waals surface area contributed by atoms with Gasteiger partial charge in [0.25, 0.3) is 0 Å². The molecule has 2 heterocycles. The molecule has 0 atom stereocenters. The molecule has 1 N–H and O–H groups in total. The predicted molar refractivity (Wildman–Crippen MR) is 83.7 cm³/mol. The van der Waals surface area contributed by atoms with Gasteiger partial charge in [-0.15, -0.1) is 16.4 Å². The quantitative estimate of drug-likeness (QED) is 0.450. The van der Waals surface area contributed by atoms with Crippen molar-refractivity contribution in [3.05, 3.63) is 31.8 Å². The smallest absolute Gasteiger partial charge is 0.343 e. The highest BCUT2D eigenvalue weighted by Gasteiger charge is 2.13. The molecular formula is C12H14ClN3O3S2. The number of Topliss-reactive ketones (excluding diaryl/α,β-unsaturated/α-hetero) is 1. The number of carbonyl (C=O) groups is 1. The number of carbonyl (C=O) groups excluding carboxylic acids is 1. The van der Waals surface area contributed by atoms with Gasteiger partial charge in [-0.25, -0.2) is 9.89 Å². The van der Waals surface area contributed by atoms with E-state index in [1.54, 1.807) is 19.2 Å². The van der Waals surface area contributed by atoms with Gasteiger partial charge in [0, 0.05) is 20.3 Å². The number of hydrogen-bond donors (Lipinski definition) is 1. The summed E-state index contributed by atoms with van der Waals surface area (Å²) in [7, 11) is 1.61. The van der Waals surface area contributed by atoms with E-state index in [9.17, 15) is 9.59 Å². The fourth-order valence-corrected chi connectivity index (χ4v) is 3.57. The number of H-pyrrole nitrogens is 1. The first-order valence-corrected chi connectivity index (χ1v) is 8.35. The van der Waals surface area contributed by atoms with Crippen LogP contribution in [0.3, 0.4) is 0 Å². The van der Waals surface area contributed by atoms with Gasteiger partial charge in [-0.2, -0.15) is 0 Å². The van der Waals surface area contributed by atoms with Gasteiger partial charge in [-0.05, 0) is 18.6 Å². The zero-order valence-corrected chi connectivity index (χ0v) is 13.7. The molecular weight excluding hydrogens is 334 g/mol. The van der Waals surface area contributed by atoms with Crippen LogP contribution in [0.5, 0.6) is 0 Å². The standard InChI is InChI=1S/C12H14ClN3O3S2/c1-19-6-2-5-16-11(18)14-15-12(16)20-7-8(17)9-3-4-10(13)21-9/h3-4H,2,5-7H2,1H3,(H,14,18). The molecule has 2 aromatic heterocycles. The maximum absolute atomic E-state index is 12.0. The maximum Gasteiger partial charge on any atom is 0.343 e. The number of ether oxygens (including phenoxy) is 1. The van der Waals surface area contributed by atoms with Crippen molar-refractivity contribution in [2.45, 2.75) is 18.1 Å². The molecule has 2 rings (SSSR count). The van der Waals surface area contributed by atoms with Crippen LogP contribution in [0.4, 0.5) is 0 Å². The summed E-state index contributed by atoms with van der Waals surface area (Å²) in [6.07, 6.45) is 0.706. The Balaban J connectivity index is 1.96. The SMILES string of the molecule is COCCCn1c(SCC(=O)c2ccc(Cl)s2)n[nH]c1=O. The third kappa shape index (κ3) is 4.44. The number of aromatic nitrogens is 3. The average molecular weight is 348 g/mol. The number of ketones is 1. The second-order valence-electron chi connectivity index (χ2n) is 4.12. The molecule has 0 fully saturated rings. The molecule has 9 heteroatoms. The largest absolute Gasteiger partial charge is 0.385 e. The molecule has 0 aliphatic rings. The van der Waals surface area contributed by atoms with Crippen LogP contribution in [-0.2, 0) is 11.3 Å². The van der Waals surface area contributed by atoms with E-state index < -0.39 is 0 Å². The summed E-state index contributed by atoms with van der Waals surface area (Å²) in [6.45, 7) is 1.07. The lowest BCUT2D eigenvalue weighted by atomic mass is 10.4.